The van der Waals surface area contributed by atoms with Crippen molar-refractivity contribution >= 4 is 5.91 Å². The number of para-hydroxylation sites is 2. The van der Waals surface area contributed by atoms with Gasteiger partial charge in [0.15, 0.2) is 0 Å². The molecule has 0 bridgehead atoms. The molecule has 1 saturated heterocycles. The average molecular weight is 525 g/mol. The smallest absolute Gasteiger partial charge is 0.225 e. The van der Waals surface area contributed by atoms with Gasteiger partial charge >= 0.3 is 0 Å². The van der Waals surface area contributed by atoms with Gasteiger partial charge in [0.25, 0.3) is 0 Å². The predicted molar refractivity (Wildman–Crippen MR) is 148 cm³/mol. The zero-order valence-corrected chi connectivity index (χ0v) is 22.9. The van der Waals surface area contributed by atoms with Gasteiger partial charge in [0.2, 0.25) is 5.91 Å². The molecule has 2 aromatic carbocycles. The Bertz CT molecular complexity index is 1050. The fourth-order valence-electron chi connectivity index (χ4n) is 6.08. The summed E-state index contributed by atoms with van der Waals surface area (Å²) in [5.74, 6) is 1.05. The van der Waals surface area contributed by atoms with E-state index in [1.54, 1.807) is 0 Å². The number of piperidine rings is 1. The van der Waals surface area contributed by atoms with E-state index in [2.05, 4.69) is 0 Å². The van der Waals surface area contributed by atoms with Gasteiger partial charge in [-0.2, -0.15) is 0 Å². The van der Waals surface area contributed by atoms with Crippen molar-refractivity contribution in [1.29, 1.82) is 0 Å². The zero-order chi connectivity index (χ0) is 27.1. The number of hydrogen-bond donors (Lipinski definition) is 3. The average Bonchev–Trinajstić information content (AvgIpc) is 3.27. The molecule has 1 aliphatic carbocycles. The molecule has 0 spiro atoms. The van der Waals surface area contributed by atoms with Crippen LogP contribution in [0.3, 0.4) is 0 Å². The van der Waals surface area contributed by atoms with Crippen LogP contribution in [0.15, 0.2) is 48.5 Å². The maximum Gasteiger partial charge on any atom is 0.225 e. The summed E-state index contributed by atoms with van der Waals surface area (Å²) in [6, 6.07) is 15.3. The second-order valence-electron chi connectivity index (χ2n) is 11.0. The van der Waals surface area contributed by atoms with E-state index in [0.717, 1.165) is 42.6 Å². The number of rotatable bonds is 11. The van der Waals surface area contributed by atoms with Crippen molar-refractivity contribution < 1.29 is 24.5 Å². The molecule has 4 N–H and O–H groups in total. The highest BCUT2D eigenvalue weighted by molar-refractivity contribution is 5.79. The van der Waals surface area contributed by atoms with E-state index < -0.39 is 11.7 Å². The van der Waals surface area contributed by atoms with Crippen molar-refractivity contribution in [3.8, 4) is 11.5 Å². The van der Waals surface area contributed by atoms with Gasteiger partial charge in [-0.3, -0.25) is 4.79 Å². The summed E-state index contributed by atoms with van der Waals surface area (Å²) >= 11 is 0. The highest BCUT2D eigenvalue weighted by atomic mass is 16.5. The molecule has 7 nitrogen and oxygen atoms in total. The lowest BCUT2D eigenvalue weighted by Gasteiger charge is -2.44. The molecule has 7 heteroatoms. The SMILES string of the molecule is CCOCCCC[C@@](O)(c1ccccc1Oc1ccccc1C)[C@@H]1CCCN(C(=O)[C@H]2C[C@@H](N)[C@@H](O)C2)C1. The van der Waals surface area contributed by atoms with E-state index in [4.69, 9.17) is 15.2 Å². The third-order valence-corrected chi connectivity index (χ3v) is 8.30. The number of ether oxygens (including phenoxy) is 2. The summed E-state index contributed by atoms with van der Waals surface area (Å²) in [6.45, 7) is 6.47. The second-order valence-corrected chi connectivity index (χ2v) is 11.0. The number of carbonyl (C=O) groups excluding carboxylic acids is 1. The highest BCUT2D eigenvalue weighted by Crippen LogP contribution is 2.45. The molecule has 38 heavy (non-hydrogen) atoms. The van der Waals surface area contributed by atoms with Crippen LogP contribution >= 0.6 is 0 Å². The molecule has 1 saturated carbocycles. The van der Waals surface area contributed by atoms with Gasteiger partial charge in [-0.25, -0.2) is 0 Å². The van der Waals surface area contributed by atoms with E-state index in [0.29, 0.717) is 51.3 Å². The number of aryl methyl sites for hydroxylation is 1. The molecule has 0 unspecified atom stereocenters. The summed E-state index contributed by atoms with van der Waals surface area (Å²) in [7, 11) is 0. The normalized spacial score (nSPS) is 25.2. The van der Waals surface area contributed by atoms with Gasteiger partial charge in [0.1, 0.15) is 11.5 Å². The van der Waals surface area contributed by atoms with Gasteiger partial charge in [-0.15, -0.1) is 0 Å². The summed E-state index contributed by atoms with van der Waals surface area (Å²) in [5, 5.41) is 22.6. The first-order chi connectivity index (χ1) is 18.3. The predicted octanol–water partition coefficient (Wildman–Crippen LogP) is 4.52. The number of nitrogens with two attached hydrogens (primary N) is 1. The number of carbonyl (C=O) groups is 1. The lowest BCUT2D eigenvalue weighted by Crippen LogP contribution is -2.49. The monoisotopic (exact) mass is 524 g/mol. The zero-order valence-electron chi connectivity index (χ0n) is 22.9. The molecule has 0 radical (unpaired) electrons. The number of benzene rings is 2. The lowest BCUT2D eigenvalue weighted by molar-refractivity contribution is -0.141. The van der Waals surface area contributed by atoms with Gasteiger partial charge < -0.3 is 30.3 Å². The van der Waals surface area contributed by atoms with E-state index in [-0.39, 0.29) is 23.8 Å². The summed E-state index contributed by atoms with van der Waals surface area (Å²) < 4.78 is 11.9. The summed E-state index contributed by atoms with van der Waals surface area (Å²) in [6.07, 6.45) is 4.13. The Kier molecular flexibility index (Phi) is 9.82. The number of amides is 1. The standard InChI is InChI=1S/C31H44N2O5/c1-3-37-18-9-8-16-31(36,25-13-5-7-15-29(25)38-28-14-6-4-11-22(28)2)24-12-10-17-33(21-24)30(35)23-19-26(32)27(34)20-23/h4-7,11,13-15,23-24,26-27,34,36H,3,8-10,12,16-21,32H2,1-2H3/t23-,24+,26+,27-,31-/m0/s1. The van der Waals surface area contributed by atoms with Crippen LogP contribution in [-0.4, -0.2) is 59.5 Å². The van der Waals surface area contributed by atoms with Crippen molar-refractivity contribution in [3.05, 3.63) is 59.7 Å². The number of likely N-dealkylation sites (tertiary alicyclic amines) is 1. The maximum absolute atomic E-state index is 13.4. The minimum atomic E-state index is -1.17. The van der Waals surface area contributed by atoms with Crippen LogP contribution in [0.4, 0.5) is 0 Å². The van der Waals surface area contributed by atoms with E-state index in [1.807, 2.05) is 67.3 Å². The third kappa shape index (κ3) is 6.57. The van der Waals surface area contributed by atoms with Crippen LogP contribution in [0, 0.1) is 18.8 Å². The number of nitrogens with zero attached hydrogens (tertiary/aromatic N) is 1. The van der Waals surface area contributed by atoms with Crippen LogP contribution in [0.5, 0.6) is 11.5 Å². The van der Waals surface area contributed by atoms with E-state index in [1.165, 1.54) is 0 Å². The number of hydrogen-bond acceptors (Lipinski definition) is 6. The molecule has 4 rings (SSSR count). The van der Waals surface area contributed by atoms with Gasteiger partial charge in [-0.1, -0.05) is 36.4 Å². The molecular formula is C31H44N2O5. The first-order valence-electron chi connectivity index (χ1n) is 14.2. The van der Waals surface area contributed by atoms with Gasteiger partial charge in [0, 0.05) is 49.7 Å². The topological polar surface area (TPSA) is 105 Å². The van der Waals surface area contributed by atoms with Crippen molar-refractivity contribution in [2.75, 3.05) is 26.3 Å². The Balaban J connectivity index is 1.60. The van der Waals surface area contributed by atoms with Gasteiger partial charge in [-0.05, 0) is 76.5 Å². The quantitative estimate of drug-likeness (QED) is 0.374. The Hall–Kier alpha value is -2.45. The lowest BCUT2D eigenvalue weighted by atomic mass is 9.73. The Morgan fingerprint density at radius 3 is 2.55 bits per heavy atom. The highest BCUT2D eigenvalue weighted by Gasteiger charge is 2.44. The minimum absolute atomic E-state index is 0.0461. The van der Waals surface area contributed by atoms with Crippen LogP contribution in [0.25, 0.3) is 0 Å². The van der Waals surface area contributed by atoms with Crippen molar-refractivity contribution in [2.24, 2.45) is 17.6 Å². The third-order valence-electron chi connectivity index (χ3n) is 8.30. The van der Waals surface area contributed by atoms with Crippen molar-refractivity contribution in [3.63, 3.8) is 0 Å². The van der Waals surface area contributed by atoms with Gasteiger partial charge in [0.05, 0.1) is 11.7 Å². The first kappa shape index (κ1) is 28.6. The second kappa shape index (κ2) is 13.1. The molecule has 208 valence electrons. The number of aliphatic hydroxyl groups is 2. The molecule has 1 aliphatic heterocycles. The molecular weight excluding hydrogens is 480 g/mol. The molecule has 5 atom stereocenters. The fourth-order valence-corrected chi connectivity index (χ4v) is 6.08. The largest absolute Gasteiger partial charge is 0.457 e. The maximum atomic E-state index is 13.4. The molecule has 2 aliphatic rings. The summed E-state index contributed by atoms with van der Waals surface area (Å²) in [5.41, 5.74) is 6.62. The van der Waals surface area contributed by atoms with Crippen LogP contribution in [0.1, 0.15) is 63.0 Å². The van der Waals surface area contributed by atoms with Crippen molar-refractivity contribution in [1.82, 2.24) is 4.90 Å². The Morgan fingerprint density at radius 1 is 1.11 bits per heavy atom. The van der Waals surface area contributed by atoms with E-state index >= 15 is 0 Å². The van der Waals surface area contributed by atoms with Crippen molar-refractivity contribution in [2.45, 2.75) is 76.5 Å². The van der Waals surface area contributed by atoms with Crippen LogP contribution in [0.2, 0.25) is 0 Å². The van der Waals surface area contributed by atoms with Crippen LogP contribution in [-0.2, 0) is 15.1 Å². The molecule has 0 aromatic heterocycles. The first-order valence-corrected chi connectivity index (χ1v) is 14.2. The molecule has 1 heterocycles. The molecule has 1 amide bonds. The number of aliphatic hydroxyl groups excluding tert-OH is 1. The molecule has 2 fully saturated rings. The Labute approximate surface area is 226 Å². The summed E-state index contributed by atoms with van der Waals surface area (Å²) in [4.78, 5) is 15.3. The van der Waals surface area contributed by atoms with Crippen LogP contribution < -0.4 is 10.5 Å². The van der Waals surface area contributed by atoms with E-state index in [9.17, 15) is 15.0 Å². The Morgan fingerprint density at radius 2 is 1.84 bits per heavy atom. The number of unbranched alkanes of at least 4 members (excludes halogenated alkanes) is 1. The fraction of sp³-hybridized carbons (Fsp3) is 0.581. The molecule has 2 aromatic rings. The minimum Gasteiger partial charge on any atom is -0.457 e.